The van der Waals surface area contributed by atoms with Gasteiger partial charge in [0.2, 0.25) is 6.10 Å². The van der Waals surface area contributed by atoms with E-state index in [0.717, 1.165) is 0 Å². The van der Waals surface area contributed by atoms with Crippen LogP contribution in [0.3, 0.4) is 0 Å². The molecule has 0 saturated heterocycles. The molecule has 1 unspecified atom stereocenters. The number of methoxy groups -OCH3 is 3. The molecule has 0 aliphatic rings. The normalized spacial score (nSPS) is 11.3. The van der Waals surface area contributed by atoms with E-state index >= 15 is 0 Å². The molecule has 0 aliphatic heterocycles. The van der Waals surface area contributed by atoms with E-state index in [2.05, 4.69) is 0 Å². The van der Waals surface area contributed by atoms with Crippen molar-refractivity contribution >= 4 is 11.9 Å². The summed E-state index contributed by atoms with van der Waals surface area (Å²) in [5.74, 6) is -0.848. The Morgan fingerprint density at radius 3 is 1.92 bits per heavy atom. The Balaban J connectivity index is 2.37. The summed E-state index contributed by atoms with van der Waals surface area (Å²) in [5, 5.41) is 0. The number of rotatable bonds is 6. The molecule has 2 aromatic carbocycles. The summed E-state index contributed by atoms with van der Waals surface area (Å²) in [7, 11) is 4.09. The third-order valence-corrected chi connectivity index (χ3v) is 3.37. The average molecular weight is 330 g/mol. The van der Waals surface area contributed by atoms with Crippen LogP contribution in [0.1, 0.15) is 22.0 Å². The number of ether oxygens (including phenoxy) is 4. The van der Waals surface area contributed by atoms with Crippen LogP contribution in [-0.2, 0) is 14.3 Å². The van der Waals surface area contributed by atoms with Crippen molar-refractivity contribution in [3.8, 4) is 11.5 Å². The molecule has 0 bridgehead atoms. The number of benzene rings is 2. The zero-order valence-electron chi connectivity index (χ0n) is 13.6. The summed E-state index contributed by atoms with van der Waals surface area (Å²) < 4.78 is 20.5. The Bertz CT molecular complexity index is 688. The van der Waals surface area contributed by atoms with Gasteiger partial charge in [-0.2, -0.15) is 0 Å². The minimum Gasteiger partial charge on any atom is -0.496 e. The van der Waals surface area contributed by atoms with Crippen molar-refractivity contribution in [1.82, 2.24) is 0 Å². The lowest BCUT2D eigenvalue weighted by molar-refractivity contribution is -0.151. The Labute approximate surface area is 139 Å². The lowest BCUT2D eigenvalue weighted by atomic mass is 10.1. The topological polar surface area (TPSA) is 71.1 Å². The van der Waals surface area contributed by atoms with Crippen molar-refractivity contribution in [3.05, 3.63) is 59.7 Å². The van der Waals surface area contributed by atoms with Crippen molar-refractivity contribution in [1.29, 1.82) is 0 Å². The summed E-state index contributed by atoms with van der Waals surface area (Å²) in [6.07, 6.45) is -1.18. The monoisotopic (exact) mass is 330 g/mol. The van der Waals surface area contributed by atoms with Gasteiger partial charge in [-0.15, -0.1) is 0 Å². The first-order chi connectivity index (χ1) is 11.6. The molecule has 0 aromatic heterocycles. The van der Waals surface area contributed by atoms with Crippen molar-refractivity contribution < 1.29 is 28.5 Å². The Morgan fingerprint density at radius 2 is 1.42 bits per heavy atom. The van der Waals surface area contributed by atoms with Crippen LogP contribution < -0.4 is 9.47 Å². The van der Waals surface area contributed by atoms with Gasteiger partial charge in [0.05, 0.1) is 21.3 Å². The van der Waals surface area contributed by atoms with E-state index in [9.17, 15) is 9.59 Å². The van der Waals surface area contributed by atoms with Gasteiger partial charge in [0.15, 0.2) is 0 Å². The molecule has 6 heteroatoms. The highest BCUT2D eigenvalue weighted by Gasteiger charge is 2.29. The van der Waals surface area contributed by atoms with E-state index in [1.807, 2.05) is 0 Å². The second-order valence-electron chi connectivity index (χ2n) is 4.76. The molecule has 0 amide bonds. The second kappa shape index (κ2) is 8.01. The molecule has 0 spiro atoms. The van der Waals surface area contributed by atoms with Gasteiger partial charge in [0, 0.05) is 5.56 Å². The van der Waals surface area contributed by atoms with E-state index in [-0.39, 0.29) is 17.1 Å². The molecule has 24 heavy (non-hydrogen) atoms. The molecule has 6 nitrogen and oxygen atoms in total. The van der Waals surface area contributed by atoms with Crippen molar-refractivity contribution in [3.63, 3.8) is 0 Å². The average Bonchev–Trinajstić information content (AvgIpc) is 2.65. The zero-order valence-corrected chi connectivity index (χ0v) is 13.6. The highest BCUT2D eigenvalue weighted by Crippen LogP contribution is 2.31. The van der Waals surface area contributed by atoms with Gasteiger partial charge >= 0.3 is 11.9 Å². The molecule has 0 fully saturated rings. The van der Waals surface area contributed by atoms with Gasteiger partial charge in [-0.3, -0.25) is 0 Å². The van der Waals surface area contributed by atoms with Gasteiger partial charge in [0.25, 0.3) is 0 Å². The van der Waals surface area contributed by atoms with Gasteiger partial charge in [-0.25, -0.2) is 9.59 Å². The van der Waals surface area contributed by atoms with E-state index < -0.39 is 18.0 Å². The minimum atomic E-state index is -1.18. The number of hydrogen-bond acceptors (Lipinski definition) is 6. The zero-order chi connectivity index (χ0) is 17.5. The van der Waals surface area contributed by atoms with Crippen molar-refractivity contribution in [2.75, 3.05) is 21.3 Å². The first-order valence-corrected chi connectivity index (χ1v) is 7.17. The Kier molecular flexibility index (Phi) is 5.78. The molecule has 0 N–H and O–H groups in total. The minimum absolute atomic E-state index is 0.104. The maximum atomic E-state index is 12.6. The molecular formula is C18H18O6. The van der Waals surface area contributed by atoms with Crippen LogP contribution in [0.4, 0.5) is 0 Å². The van der Waals surface area contributed by atoms with Crippen LogP contribution in [0.5, 0.6) is 11.5 Å². The molecule has 2 rings (SSSR count). The third kappa shape index (κ3) is 3.65. The molecule has 2 aromatic rings. The molecular weight excluding hydrogens is 312 g/mol. The fraction of sp³-hybridized carbons (Fsp3) is 0.222. The fourth-order valence-electron chi connectivity index (χ4n) is 2.21. The highest BCUT2D eigenvalue weighted by atomic mass is 16.6. The lowest BCUT2D eigenvalue weighted by Gasteiger charge is -2.18. The molecule has 0 heterocycles. The number of hydrogen-bond donors (Lipinski definition) is 0. The smallest absolute Gasteiger partial charge is 0.351 e. The quantitative estimate of drug-likeness (QED) is 0.759. The SMILES string of the molecule is COC(=O)C(OC(=O)c1c(OC)cccc1OC)c1ccccc1. The summed E-state index contributed by atoms with van der Waals surface area (Å²) in [4.78, 5) is 24.6. The molecule has 0 saturated carbocycles. The predicted molar refractivity (Wildman–Crippen MR) is 86.2 cm³/mol. The molecule has 1 atom stereocenters. The van der Waals surface area contributed by atoms with Gasteiger partial charge in [-0.1, -0.05) is 36.4 Å². The van der Waals surface area contributed by atoms with Crippen LogP contribution in [0.2, 0.25) is 0 Å². The van der Waals surface area contributed by atoms with E-state index in [1.54, 1.807) is 48.5 Å². The first-order valence-electron chi connectivity index (χ1n) is 7.17. The van der Waals surface area contributed by atoms with Crippen molar-refractivity contribution in [2.24, 2.45) is 0 Å². The van der Waals surface area contributed by atoms with Crippen LogP contribution >= 0.6 is 0 Å². The standard InChI is InChI=1S/C18H18O6/c1-21-13-10-7-11-14(22-2)15(13)17(19)24-16(18(20)23-3)12-8-5-4-6-9-12/h4-11,16H,1-3H3. The van der Waals surface area contributed by atoms with Crippen molar-refractivity contribution in [2.45, 2.75) is 6.10 Å². The van der Waals surface area contributed by atoms with Gasteiger partial charge in [0.1, 0.15) is 17.1 Å². The molecule has 0 radical (unpaired) electrons. The summed E-state index contributed by atoms with van der Waals surface area (Å²) in [6.45, 7) is 0. The third-order valence-electron chi connectivity index (χ3n) is 3.37. The van der Waals surface area contributed by atoms with Crippen LogP contribution in [0.15, 0.2) is 48.5 Å². The second-order valence-corrected chi connectivity index (χ2v) is 4.76. The van der Waals surface area contributed by atoms with Crippen LogP contribution in [0.25, 0.3) is 0 Å². The lowest BCUT2D eigenvalue weighted by Crippen LogP contribution is -2.21. The summed E-state index contributed by atoms with van der Waals surface area (Å²) >= 11 is 0. The predicted octanol–water partition coefficient (Wildman–Crippen LogP) is 2.77. The number of carbonyl (C=O) groups is 2. The number of esters is 2. The first kappa shape index (κ1) is 17.3. The van der Waals surface area contributed by atoms with Crippen LogP contribution in [-0.4, -0.2) is 33.3 Å². The van der Waals surface area contributed by atoms with E-state index in [0.29, 0.717) is 5.56 Å². The van der Waals surface area contributed by atoms with Crippen LogP contribution in [0, 0.1) is 0 Å². The maximum Gasteiger partial charge on any atom is 0.351 e. The Morgan fingerprint density at radius 1 is 0.833 bits per heavy atom. The Hall–Kier alpha value is -3.02. The van der Waals surface area contributed by atoms with E-state index in [4.69, 9.17) is 18.9 Å². The fourth-order valence-corrected chi connectivity index (χ4v) is 2.21. The molecule has 126 valence electrons. The van der Waals surface area contributed by atoms with Gasteiger partial charge < -0.3 is 18.9 Å². The summed E-state index contributed by atoms with van der Waals surface area (Å²) in [6, 6.07) is 13.5. The van der Waals surface area contributed by atoms with Gasteiger partial charge in [-0.05, 0) is 12.1 Å². The number of carbonyl (C=O) groups excluding carboxylic acids is 2. The maximum absolute atomic E-state index is 12.6. The largest absolute Gasteiger partial charge is 0.496 e. The molecule has 0 aliphatic carbocycles. The van der Waals surface area contributed by atoms with E-state index in [1.165, 1.54) is 21.3 Å². The highest BCUT2D eigenvalue weighted by molar-refractivity contribution is 5.97. The summed E-state index contributed by atoms with van der Waals surface area (Å²) in [5.41, 5.74) is 0.610.